The molecule has 0 bridgehead atoms. The van der Waals surface area contributed by atoms with Crippen molar-refractivity contribution >= 4 is 11.8 Å². The molecule has 4 heteroatoms. The number of aliphatic hydroxyl groups is 1. The zero-order chi connectivity index (χ0) is 19.9. The van der Waals surface area contributed by atoms with Gasteiger partial charge in [0, 0.05) is 17.9 Å². The molecule has 0 spiro atoms. The van der Waals surface area contributed by atoms with Crippen LogP contribution in [-0.4, -0.2) is 28.1 Å². The highest BCUT2D eigenvalue weighted by Crippen LogP contribution is 2.26. The summed E-state index contributed by atoms with van der Waals surface area (Å²) in [6, 6.07) is 0. The van der Waals surface area contributed by atoms with Crippen molar-refractivity contribution < 1.29 is 19.8 Å². The van der Waals surface area contributed by atoms with Crippen LogP contribution in [-0.2, 0) is 9.59 Å². The van der Waals surface area contributed by atoms with Crippen molar-refractivity contribution in [3.8, 4) is 0 Å². The number of carbonyl (C=O) groups is 2. The molecule has 0 saturated heterocycles. The molecule has 0 amide bonds. The van der Waals surface area contributed by atoms with E-state index in [1.54, 1.807) is 6.08 Å². The Labute approximate surface area is 162 Å². The van der Waals surface area contributed by atoms with Crippen LogP contribution in [0.2, 0.25) is 0 Å². The topological polar surface area (TPSA) is 74.6 Å². The van der Waals surface area contributed by atoms with Gasteiger partial charge in [0.2, 0.25) is 0 Å². The third kappa shape index (κ3) is 10.5. The lowest BCUT2D eigenvalue weighted by Gasteiger charge is -2.10. The summed E-state index contributed by atoms with van der Waals surface area (Å²) in [7, 11) is 0. The van der Waals surface area contributed by atoms with Crippen LogP contribution >= 0.6 is 0 Å². The largest absolute Gasteiger partial charge is 0.481 e. The highest BCUT2D eigenvalue weighted by atomic mass is 16.4. The number of hydrogen-bond donors (Lipinski definition) is 2. The van der Waals surface area contributed by atoms with E-state index in [1.807, 2.05) is 36.5 Å². The van der Waals surface area contributed by atoms with E-state index in [2.05, 4.69) is 19.1 Å². The van der Waals surface area contributed by atoms with Crippen LogP contribution in [0.1, 0.15) is 58.3 Å². The zero-order valence-corrected chi connectivity index (χ0v) is 16.2. The third-order valence-electron chi connectivity index (χ3n) is 4.34. The Balaban J connectivity index is 2.39. The Bertz CT molecular complexity index is 608. The van der Waals surface area contributed by atoms with Gasteiger partial charge in [0.15, 0.2) is 5.78 Å². The number of ketones is 1. The predicted molar refractivity (Wildman–Crippen MR) is 109 cm³/mol. The zero-order valence-electron chi connectivity index (χ0n) is 16.2. The summed E-state index contributed by atoms with van der Waals surface area (Å²) in [6.45, 7) is 2.10. The maximum atomic E-state index is 12.0. The van der Waals surface area contributed by atoms with Crippen LogP contribution < -0.4 is 0 Å². The fourth-order valence-corrected chi connectivity index (χ4v) is 2.83. The van der Waals surface area contributed by atoms with E-state index < -0.39 is 12.1 Å². The average molecular weight is 373 g/mol. The van der Waals surface area contributed by atoms with E-state index in [-0.39, 0.29) is 18.1 Å². The molecule has 2 unspecified atom stereocenters. The standard InChI is InChI=1S/C23H32O4/c1-2-3-4-5-6-10-13-20(24)16-17-21-19(15-18-22(21)25)12-9-7-8-11-14-23(26)27/h3-4,6-7,9-10,15,17-20,24H,2,5,8,11-14,16H2,1H3,(H,26,27). The van der Waals surface area contributed by atoms with Crippen LogP contribution in [0, 0.1) is 5.92 Å². The molecule has 0 aromatic heterocycles. The molecular weight excluding hydrogens is 340 g/mol. The van der Waals surface area contributed by atoms with Gasteiger partial charge in [0.25, 0.3) is 0 Å². The van der Waals surface area contributed by atoms with Crippen molar-refractivity contribution in [2.45, 2.75) is 64.4 Å². The van der Waals surface area contributed by atoms with Gasteiger partial charge in [-0.3, -0.25) is 9.59 Å². The van der Waals surface area contributed by atoms with E-state index in [9.17, 15) is 14.7 Å². The van der Waals surface area contributed by atoms with Crippen LogP contribution in [0.4, 0.5) is 0 Å². The van der Waals surface area contributed by atoms with Gasteiger partial charge in [-0.25, -0.2) is 0 Å². The molecular formula is C23H32O4. The highest BCUT2D eigenvalue weighted by Gasteiger charge is 2.21. The van der Waals surface area contributed by atoms with Gasteiger partial charge in [-0.2, -0.15) is 0 Å². The SMILES string of the molecule is CCC=CCC=CCC(O)CC=C1C(=O)C=CC1CC=CCCCC(=O)O. The Hall–Kier alpha value is -2.20. The summed E-state index contributed by atoms with van der Waals surface area (Å²) in [6.07, 6.45) is 22.3. The van der Waals surface area contributed by atoms with E-state index >= 15 is 0 Å². The summed E-state index contributed by atoms with van der Waals surface area (Å²) in [5.41, 5.74) is 0.749. The number of carboxylic acids is 1. The first-order chi connectivity index (χ1) is 13.0. The summed E-state index contributed by atoms with van der Waals surface area (Å²) >= 11 is 0. The summed E-state index contributed by atoms with van der Waals surface area (Å²) < 4.78 is 0. The fourth-order valence-electron chi connectivity index (χ4n) is 2.83. The van der Waals surface area contributed by atoms with Crippen LogP contribution in [0.15, 0.2) is 60.3 Å². The van der Waals surface area contributed by atoms with E-state index in [4.69, 9.17) is 5.11 Å². The molecule has 0 radical (unpaired) electrons. The Morgan fingerprint density at radius 1 is 1.15 bits per heavy atom. The van der Waals surface area contributed by atoms with Crippen molar-refractivity contribution in [1.29, 1.82) is 0 Å². The minimum atomic E-state index is -0.774. The van der Waals surface area contributed by atoms with Gasteiger partial charge in [-0.05, 0) is 51.0 Å². The Kier molecular flexibility index (Phi) is 11.8. The second kappa shape index (κ2) is 13.9. The molecule has 1 aliphatic carbocycles. The van der Waals surface area contributed by atoms with E-state index in [0.717, 1.165) is 31.3 Å². The number of hydrogen-bond acceptors (Lipinski definition) is 3. The van der Waals surface area contributed by atoms with Crippen LogP contribution in [0.5, 0.6) is 0 Å². The first-order valence-corrected chi connectivity index (χ1v) is 9.82. The van der Waals surface area contributed by atoms with Crippen molar-refractivity contribution in [1.82, 2.24) is 0 Å². The third-order valence-corrected chi connectivity index (χ3v) is 4.34. The Morgan fingerprint density at radius 2 is 1.93 bits per heavy atom. The lowest BCUT2D eigenvalue weighted by atomic mass is 9.96. The lowest BCUT2D eigenvalue weighted by molar-refractivity contribution is -0.137. The molecule has 148 valence electrons. The van der Waals surface area contributed by atoms with Crippen molar-refractivity contribution in [3.63, 3.8) is 0 Å². The second-order valence-electron chi connectivity index (χ2n) is 6.69. The molecule has 2 atom stereocenters. The molecule has 0 saturated carbocycles. The maximum absolute atomic E-state index is 12.0. The number of aliphatic carboxylic acids is 1. The van der Waals surface area contributed by atoms with Crippen LogP contribution in [0.3, 0.4) is 0 Å². The molecule has 0 heterocycles. The van der Waals surface area contributed by atoms with Crippen molar-refractivity contribution in [2.75, 3.05) is 0 Å². The monoisotopic (exact) mass is 372 g/mol. The minimum absolute atomic E-state index is 0.0201. The molecule has 0 aromatic carbocycles. The smallest absolute Gasteiger partial charge is 0.303 e. The molecule has 2 N–H and O–H groups in total. The molecule has 1 rings (SSSR count). The van der Waals surface area contributed by atoms with Crippen LogP contribution in [0.25, 0.3) is 0 Å². The minimum Gasteiger partial charge on any atom is -0.481 e. The number of carbonyl (C=O) groups excluding carboxylic acids is 1. The van der Waals surface area contributed by atoms with Gasteiger partial charge in [-0.1, -0.05) is 55.5 Å². The number of aliphatic hydroxyl groups excluding tert-OH is 1. The Morgan fingerprint density at radius 3 is 2.67 bits per heavy atom. The number of unbranched alkanes of at least 4 members (excludes halogenated alkanes) is 1. The first kappa shape index (κ1) is 22.8. The van der Waals surface area contributed by atoms with Gasteiger partial charge >= 0.3 is 5.97 Å². The predicted octanol–water partition coefficient (Wildman–Crippen LogP) is 4.92. The van der Waals surface area contributed by atoms with E-state index in [1.165, 1.54) is 0 Å². The summed E-state index contributed by atoms with van der Waals surface area (Å²) in [5, 5.41) is 18.7. The second-order valence-corrected chi connectivity index (χ2v) is 6.69. The number of carboxylic acid groups (broad SMARTS) is 1. The normalized spacial score (nSPS) is 20.0. The first-order valence-electron chi connectivity index (χ1n) is 9.82. The fraction of sp³-hybridized carbons (Fsp3) is 0.478. The van der Waals surface area contributed by atoms with E-state index in [0.29, 0.717) is 19.3 Å². The number of rotatable bonds is 13. The van der Waals surface area contributed by atoms with Crippen molar-refractivity contribution in [3.05, 3.63) is 60.3 Å². The van der Waals surface area contributed by atoms with Gasteiger partial charge in [0.1, 0.15) is 0 Å². The highest BCUT2D eigenvalue weighted by molar-refractivity contribution is 6.07. The summed E-state index contributed by atoms with van der Waals surface area (Å²) in [5.74, 6) is -0.703. The average Bonchev–Trinajstić information content (AvgIpc) is 2.98. The molecule has 0 fully saturated rings. The molecule has 27 heavy (non-hydrogen) atoms. The molecule has 4 nitrogen and oxygen atoms in total. The van der Waals surface area contributed by atoms with Gasteiger partial charge in [-0.15, -0.1) is 0 Å². The molecule has 0 aromatic rings. The quantitative estimate of drug-likeness (QED) is 0.273. The molecule has 0 aliphatic heterocycles. The maximum Gasteiger partial charge on any atom is 0.303 e. The number of allylic oxidation sites excluding steroid dienone is 8. The molecule has 1 aliphatic rings. The lowest BCUT2D eigenvalue weighted by Crippen LogP contribution is -2.07. The summed E-state index contributed by atoms with van der Waals surface area (Å²) in [4.78, 5) is 22.5. The van der Waals surface area contributed by atoms with Gasteiger partial charge < -0.3 is 10.2 Å². The van der Waals surface area contributed by atoms with Crippen molar-refractivity contribution in [2.24, 2.45) is 5.92 Å². The van der Waals surface area contributed by atoms with Gasteiger partial charge in [0.05, 0.1) is 6.10 Å².